The standard InChI is InChI=1S/C16H17F3N4O2/c1-10-9-14(16(17,18)19)22-23(10)8-7-15(25)21-13-5-3-12(4-6-13)20-11(2)24/h3-6,9H,7-8H2,1-2H3,(H,20,24)(H,21,25). The fourth-order valence-corrected chi connectivity index (χ4v) is 2.15. The highest BCUT2D eigenvalue weighted by atomic mass is 19.4. The average molecular weight is 354 g/mol. The molecule has 0 aliphatic carbocycles. The van der Waals surface area contributed by atoms with Gasteiger partial charge in [-0.2, -0.15) is 18.3 Å². The van der Waals surface area contributed by atoms with Gasteiger partial charge in [-0.25, -0.2) is 0 Å². The molecule has 6 nitrogen and oxygen atoms in total. The molecule has 0 fully saturated rings. The SMILES string of the molecule is CC(=O)Nc1ccc(NC(=O)CCn2nc(C(F)(F)F)cc2C)cc1. The summed E-state index contributed by atoms with van der Waals surface area (Å²) in [5, 5.41) is 8.70. The van der Waals surface area contributed by atoms with Crippen LogP contribution in [0.3, 0.4) is 0 Å². The number of hydrogen-bond donors (Lipinski definition) is 2. The van der Waals surface area contributed by atoms with Crippen LogP contribution in [0.1, 0.15) is 24.7 Å². The van der Waals surface area contributed by atoms with E-state index in [0.717, 1.165) is 10.7 Å². The van der Waals surface area contributed by atoms with Crippen LogP contribution in [-0.2, 0) is 22.3 Å². The largest absolute Gasteiger partial charge is 0.435 e. The van der Waals surface area contributed by atoms with E-state index in [0.29, 0.717) is 17.1 Å². The fourth-order valence-electron chi connectivity index (χ4n) is 2.15. The molecule has 0 aliphatic heterocycles. The summed E-state index contributed by atoms with van der Waals surface area (Å²) in [6, 6.07) is 7.43. The Morgan fingerprint density at radius 3 is 2.16 bits per heavy atom. The second-order valence-corrected chi connectivity index (χ2v) is 5.45. The molecular formula is C16H17F3N4O2. The Hall–Kier alpha value is -2.84. The maximum atomic E-state index is 12.6. The molecule has 1 aromatic heterocycles. The number of rotatable bonds is 5. The molecule has 0 unspecified atom stereocenters. The lowest BCUT2D eigenvalue weighted by Gasteiger charge is -2.08. The number of nitrogens with one attached hydrogen (secondary N) is 2. The highest BCUT2D eigenvalue weighted by Crippen LogP contribution is 2.28. The molecule has 9 heteroatoms. The summed E-state index contributed by atoms with van der Waals surface area (Å²) in [6.07, 6.45) is -4.53. The van der Waals surface area contributed by atoms with Crippen molar-refractivity contribution in [2.24, 2.45) is 0 Å². The number of carbonyl (C=O) groups is 2. The van der Waals surface area contributed by atoms with Crippen molar-refractivity contribution >= 4 is 23.2 Å². The second kappa shape index (κ2) is 7.37. The lowest BCUT2D eigenvalue weighted by atomic mass is 10.2. The van der Waals surface area contributed by atoms with Crippen molar-refractivity contribution in [3.8, 4) is 0 Å². The molecule has 2 amide bonds. The number of halogens is 3. The molecule has 1 heterocycles. The van der Waals surface area contributed by atoms with Gasteiger partial charge in [0.2, 0.25) is 11.8 Å². The molecule has 0 saturated heterocycles. The van der Waals surface area contributed by atoms with Crippen molar-refractivity contribution in [1.29, 1.82) is 0 Å². The van der Waals surface area contributed by atoms with Crippen molar-refractivity contribution in [2.45, 2.75) is 33.0 Å². The predicted octanol–water partition coefficient (Wildman–Crippen LogP) is 3.20. The van der Waals surface area contributed by atoms with E-state index in [2.05, 4.69) is 15.7 Å². The predicted molar refractivity (Wildman–Crippen MR) is 86.0 cm³/mol. The number of aromatic nitrogens is 2. The molecule has 25 heavy (non-hydrogen) atoms. The van der Waals surface area contributed by atoms with E-state index in [9.17, 15) is 22.8 Å². The first-order valence-electron chi connectivity index (χ1n) is 7.44. The first-order chi connectivity index (χ1) is 11.6. The number of nitrogens with zero attached hydrogens (tertiary/aromatic N) is 2. The highest BCUT2D eigenvalue weighted by Gasteiger charge is 2.34. The molecule has 0 spiro atoms. The maximum Gasteiger partial charge on any atom is 0.435 e. The van der Waals surface area contributed by atoms with Gasteiger partial charge in [-0.05, 0) is 37.3 Å². The van der Waals surface area contributed by atoms with Crippen LogP contribution in [0.25, 0.3) is 0 Å². The third-order valence-corrected chi connectivity index (χ3v) is 3.31. The van der Waals surface area contributed by atoms with Gasteiger partial charge in [-0.15, -0.1) is 0 Å². The molecule has 1 aromatic carbocycles. The Balaban J connectivity index is 1.90. The third-order valence-electron chi connectivity index (χ3n) is 3.31. The first-order valence-corrected chi connectivity index (χ1v) is 7.44. The number of alkyl halides is 3. The van der Waals surface area contributed by atoms with E-state index in [4.69, 9.17) is 0 Å². The van der Waals surface area contributed by atoms with Gasteiger partial charge in [-0.1, -0.05) is 0 Å². The summed E-state index contributed by atoms with van der Waals surface area (Å²) in [5.41, 5.74) is 0.475. The average Bonchev–Trinajstić information content (AvgIpc) is 2.88. The number of hydrogen-bond acceptors (Lipinski definition) is 3. The van der Waals surface area contributed by atoms with Gasteiger partial charge in [0.1, 0.15) is 0 Å². The Kier molecular flexibility index (Phi) is 5.45. The van der Waals surface area contributed by atoms with Crippen LogP contribution >= 0.6 is 0 Å². The maximum absolute atomic E-state index is 12.6. The van der Waals surface area contributed by atoms with Gasteiger partial charge in [0.25, 0.3) is 0 Å². The summed E-state index contributed by atoms with van der Waals surface area (Å²) < 4.78 is 38.9. The van der Waals surface area contributed by atoms with Crippen molar-refractivity contribution in [3.63, 3.8) is 0 Å². The minimum Gasteiger partial charge on any atom is -0.326 e. The Labute approximate surface area is 142 Å². The van der Waals surface area contributed by atoms with Crippen LogP contribution in [0.15, 0.2) is 30.3 Å². The van der Waals surface area contributed by atoms with Crippen LogP contribution in [0.2, 0.25) is 0 Å². The van der Waals surface area contributed by atoms with Crippen LogP contribution in [0, 0.1) is 6.92 Å². The molecular weight excluding hydrogens is 337 g/mol. The molecule has 0 atom stereocenters. The van der Waals surface area contributed by atoms with Crippen LogP contribution < -0.4 is 10.6 Å². The van der Waals surface area contributed by atoms with Crippen molar-refractivity contribution in [1.82, 2.24) is 9.78 Å². The van der Waals surface area contributed by atoms with E-state index >= 15 is 0 Å². The molecule has 2 N–H and O–H groups in total. The molecule has 0 saturated carbocycles. The van der Waals surface area contributed by atoms with E-state index in [1.165, 1.54) is 13.8 Å². The summed E-state index contributed by atoms with van der Waals surface area (Å²) in [4.78, 5) is 22.8. The lowest BCUT2D eigenvalue weighted by molar-refractivity contribution is -0.141. The lowest BCUT2D eigenvalue weighted by Crippen LogP contribution is -2.16. The number of carbonyl (C=O) groups excluding carboxylic acids is 2. The normalized spacial score (nSPS) is 11.2. The molecule has 0 bridgehead atoms. The quantitative estimate of drug-likeness (QED) is 0.866. The van der Waals surface area contributed by atoms with E-state index in [1.807, 2.05) is 0 Å². The monoisotopic (exact) mass is 354 g/mol. The van der Waals surface area contributed by atoms with Gasteiger partial charge >= 0.3 is 6.18 Å². The van der Waals surface area contributed by atoms with Crippen LogP contribution in [0.5, 0.6) is 0 Å². The topological polar surface area (TPSA) is 76.0 Å². The minimum absolute atomic E-state index is 0.0206. The van der Waals surface area contributed by atoms with E-state index in [1.54, 1.807) is 24.3 Å². The number of amides is 2. The minimum atomic E-state index is -4.51. The van der Waals surface area contributed by atoms with E-state index < -0.39 is 11.9 Å². The zero-order valence-corrected chi connectivity index (χ0v) is 13.6. The number of aryl methyl sites for hydroxylation is 2. The Morgan fingerprint density at radius 1 is 1.12 bits per heavy atom. The molecule has 2 rings (SSSR count). The highest BCUT2D eigenvalue weighted by molar-refractivity contribution is 5.92. The van der Waals surface area contributed by atoms with Gasteiger partial charge < -0.3 is 10.6 Å². The Morgan fingerprint density at radius 2 is 1.68 bits per heavy atom. The summed E-state index contributed by atoms with van der Waals surface area (Å²) in [6.45, 7) is 2.93. The van der Waals surface area contributed by atoms with Crippen LogP contribution in [-0.4, -0.2) is 21.6 Å². The Bertz CT molecular complexity index is 767. The third kappa shape index (κ3) is 5.33. The summed E-state index contributed by atoms with van der Waals surface area (Å²) >= 11 is 0. The van der Waals surface area contributed by atoms with Crippen molar-refractivity contribution < 1.29 is 22.8 Å². The van der Waals surface area contributed by atoms with E-state index in [-0.39, 0.29) is 24.8 Å². The number of anilines is 2. The van der Waals surface area contributed by atoms with Gasteiger partial charge in [0.15, 0.2) is 5.69 Å². The second-order valence-electron chi connectivity index (χ2n) is 5.45. The molecule has 0 radical (unpaired) electrons. The molecule has 2 aromatic rings. The zero-order chi connectivity index (χ0) is 18.6. The van der Waals surface area contributed by atoms with Gasteiger partial charge in [-0.3, -0.25) is 14.3 Å². The smallest absolute Gasteiger partial charge is 0.326 e. The first kappa shape index (κ1) is 18.5. The molecule has 134 valence electrons. The number of benzene rings is 1. The summed E-state index contributed by atoms with van der Waals surface area (Å²) in [7, 11) is 0. The summed E-state index contributed by atoms with van der Waals surface area (Å²) in [5.74, 6) is -0.555. The van der Waals surface area contributed by atoms with Crippen molar-refractivity contribution in [3.05, 3.63) is 41.7 Å². The van der Waals surface area contributed by atoms with Gasteiger partial charge in [0, 0.05) is 37.0 Å². The van der Waals surface area contributed by atoms with Crippen molar-refractivity contribution in [2.75, 3.05) is 10.6 Å². The van der Waals surface area contributed by atoms with Gasteiger partial charge in [0.05, 0.1) is 0 Å². The fraction of sp³-hybridized carbons (Fsp3) is 0.312. The molecule has 0 aliphatic rings. The zero-order valence-electron chi connectivity index (χ0n) is 13.6. The van der Waals surface area contributed by atoms with Crippen LogP contribution in [0.4, 0.5) is 24.5 Å².